The Balaban J connectivity index is 1.41. The van der Waals surface area contributed by atoms with E-state index in [9.17, 15) is 4.79 Å². The van der Waals surface area contributed by atoms with Crippen molar-refractivity contribution in [1.29, 1.82) is 0 Å². The molecule has 3 aromatic rings. The molecule has 1 aromatic carbocycles. The first-order chi connectivity index (χ1) is 13.7. The summed E-state index contributed by atoms with van der Waals surface area (Å²) in [7, 11) is 0. The fourth-order valence-corrected chi connectivity index (χ4v) is 2.46. The Labute approximate surface area is 163 Å². The summed E-state index contributed by atoms with van der Waals surface area (Å²) >= 11 is 0. The summed E-state index contributed by atoms with van der Waals surface area (Å²) < 4.78 is 0. The molecule has 0 fully saturated rings. The molecule has 0 atom stereocenters. The van der Waals surface area contributed by atoms with E-state index in [0.717, 1.165) is 12.1 Å². The Bertz CT molecular complexity index is 885. The van der Waals surface area contributed by atoms with E-state index in [1.807, 2.05) is 42.5 Å². The Hall–Kier alpha value is -3.68. The van der Waals surface area contributed by atoms with Crippen molar-refractivity contribution in [2.45, 2.75) is 13.3 Å². The molecule has 8 heteroatoms. The number of nitrogens with zero attached hydrogens (tertiary/aromatic N) is 3. The monoisotopic (exact) mass is 377 g/mol. The molecule has 0 aliphatic rings. The summed E-state index contributed by atoms with van der Waals surface area (Å²) in [6.45, 7) is 3.07. The highest BCUT2D eigenvalue weighted by molar-refractivity contribution is 5.89. The van der Waals surface area contributed by atoms with Crippen LogP contribution in [0.25, 0.3) is 0 Å². The molecule has 0 unspecified atom stereocenters. The second kappa shape index (κ2) is 9.86. The van der Waals surface area contributed by atoms with Crippen LogP contribution in [0, 0.1) is 0 Å². The van der Waals surface area contributed by atoms with E-state index in [1.165, 1.54) is 11.9 Å². The van der Waals surface area contributed by atoms with Gasteiger partial charge in [0.05, 0.1) is 0 Å². The van der Waals surface area contributed by atoms with E-state index in [1.54, 1.807) is 12.3 Å². The van der Waals surface area contributed by atoms with Crippen molar-refractivity contribution in [3.63, 3.8) is 0 Å². The van der Waals surface area contributed by atoms with Crippen molar-refractivity contribution in [3.8, 4) is 0 Å². The lowest BCUT2D eigenvalue weighted by Crippen LogP contribution is -2.32. The van der Waals surface area contributed by atoms with Gasteiger partial charge in [0, 0.05) is 31.0 Å². The van der Waals surface area contributed by atoms with Crippen molar-refractivity contribution in [3.05, 3.63) is 66.6 Å². The number of carbonyl (C=O) groups is 1. The molecule has 0 bridgehead atoms. The van der Waals surface area contributed by atoms with Gasteiger partial charge in [-0.25, -0.2) is 19.7 Å². The smallest absolute Gasteiger partial charge is 0.319 e. The highest BCUT2D eigenvalue weighted by Gasteiger charge is 2.02. The molecule has 0 radical (unpaired) electrons. The highest BCUT2D eigenvalue weighted by Crippen LogP contribution is 2.13. The summed E-state index contributed by atoms with van der Waals surface area (Å²) in [5.41, 5.74) is 2.00. The number of nitrogens with one attached hydrogen (secondary N) is 4. The SMILES string of the molecule is CCc1ccc(NC(=O)NCCNc2cc(Nc3ccccn3)ncn2)cc1. The minimum absolute atomic E-state index is 0.244. The summed E-state index contributed by atoms with van der Waals surface area (Å²) in [4.78, 5) is 24.5. The number of rotatable bonds is 8. The van der Waals surface area contributed by atoms with E-state index in [0.29, 0.717) is 30.5 Å². The predicted molar refractivity (Wildman–Crippen MR) is 111 cm³/mol. The maximum atomic E-state index is 11.9. The molecule has 2 heterocycles. The third-order valence-electron chi connectivity index (χ3n) is 3.92. The van der Waals surface area contributed by atoms with E-state index in [2.05, 4.69) is 43.1 Å². The topological polar surface area (TPSA) is 104 Å². The minimum atomic E-state index is -0.244. The lowest BCUT2D eigenvalue weighted by Gasteiger charge is -2.10. The van der Waals surface area contributed by atoms with E-state index < -0.39 is 0 Å². The van der Waals surface area contributed by atoms with Crippen molar-refractivity contribution < 1.29 is 4.79 Å². The number of hydrogen-bond acceptors (Lipinski definition) is 6. The van der Waals surface area contributed by atoms with Gasteiger partial charge in [0.2, 0.25) is 0 Å². The van der Waals surface area contributed by atoms with Gasteiger partial charge in [0.15, 0.2) is 0 Å². The molecular formula is C20H23N7O. The molecule has 0 spiro atoms. The first-order valence-electron chi connectivity index (χ1n) is 9.10. The van der Waals surface area contributed by atoms with Gasteiger partial charge in [-0.2, -0.15) is 0 Å². The molecule has 0 aliphatic carbocycles. The van der Waals surface area contributed by atoms with Crippen molar-refractivity contribution in [2.24, 2.45) is 0 Å². The van der Waals surface area contributed by atoms with Gasteiger partial charge in [-0.05, 0) is 36.2 Å². The number of anilines is 4. The number of carbonyl (C=O) groups excluding carboxylic acids is 1. The standard InChI is InChI=1S/C20H23N7O/c1-2-15-6-8-16(9-7-15)26-20(28)23-12-11-22-18-13-19(25-14-24-18)27-17-5-3-4-10-21-17/h3-10,13-14H,2,11-12H2,1H3,(H2,23,26,28)(H2,21,22,24,25,27). The first-order valence-corrected chi connectivity index (χ1v) is 9.10. The van der Waals surface area contributed by atoms with Gasteiger partial charge in [-0.15, -0.1) is 0 Å². The number of urea groups is 1. The molecule has 3 rings (SSSR count). The lowest BCUT2D eigenvalue weighted by molar-refractivity contribution is 0.252. The Morgan fingerprint density at radius 3 is 2.50 bits per heavy atom. The van der Waals surface area contributed by atoms with Crippen LogP contribution in [-0.2, 0) is 6.42 Å². The molecule has 4 N–H and O–H groups in total. The largest absolute Gasteiger partial charge is 0.368 e. The van der Waals surface area contributed by atoms with Crippen LogP contribution in [0.4, 0.5) is 27.9 Å². The summed E-state index contributed by atoms with van der Waals surface area (Å²) in [6, 6.07) is 14.9. The van der Waals surface area contributed by atoms with Crippen molar-refractivity contribution >= 4 is 29.2 Å². The summed E-state index contributed by atoms with van der Waals surface area (Å²) in [5.74, 6) is 2.00. The minimum Gasteiger partial charge on any atom is -0.368 e. The zero-order valence-corrected chi connectivity index (χ0v) is 15.6. The van der Waals surface area contributed by atoms with Crippen molar-refractivity contribution in [2.75, 3.05) is 29.0 Å². The van der Waals surface area contributed by atoms with Gasteiger partial charge >= 0.3 is 6.03 Å². The van der Waals surface area contributed by atoms with Crippen molar-refractivity contribution in [1.82, 2.24) is 20.3 Å². The maximum Gasteiger partial charge on any atom is 0.319 e. The lowest BCUT2D eigenvalue weighted by atomic mass is 10.1. The van der Waals surface area contributed by atoms with Crippen LogP contribution < -0.4 is 21.3 Å². The fourth-order valence-electron chi connectivity index (χ4n) is 2.46. The van der Waals surface area contributed by atoms with E-state index in [-0.39, 0.29) is 6.03 Å². The van der Waals surface area contributed by atoms with Gasteiger partial charge in [-0.3, -0.25) is 0 Å². The van der Waals surface area contributed by atoms with Gasteiger partial charge in [0.25, 0.3) is 0 Å². The van der Waals surface area contributed by atoms with Crippen LogP contribution >= 0.6 is 0 Å². The molecule has 144 valence electrons. The maximum absolute atomic E-state index is 11.9. The Morgan fingerprint density at radius 1 is 0.929 bits per heavy atom. The summed E-state index contributed by atoms with van der Waals surface area (Å²) in [5, 5.41) is 11.9. The summed E-state index contributed by atoms with van der Waals surface area (Å²) in [6.07, 6.45) is 4.14. The molecule has 2 aromatic heterocycles. The predicted octanol–water partition coefficient (Wildman–Crippen LogP) is 3.41. The van der Waals surface area contributed by atoms with Gasteiger partial charge in [0.1, 0.15) is 23.8 Å². The third kappa shape index (κ3) is 5.94. The molecule has 0 aliphatic heterocycles. The molecular weight excluding hydrogens is 354 g/mol. The number of benzene rings is 1. The molecule has 0 saturated heterocycles. The Kier molecular flexibility index (Phi) is 6.73. The number of aromatic nitrogens is 3. The van der Waals surface area contributed by atoms with Gasteiger partial charge < -0.3 is 21.3 Å². The molecule has 2 amide bonds. The average molecular weight is 377 g/mol. The molecule has 28 heavy (non-hydrogen) atoms. The van der Waals surface area contributed by atoms with Crippen LogP contribution in [0.15, 0.2) is 61.1 Å². The highest BCUT2D eigenvalue weighted by atomic mass is 16.2. The number of amides is 2. The van der Waals surface area contributed by atoms with Crippen LogP contribution in [-0.4, -0.2) is 34.1 Å². The fraction of sp³-hybridized carbons (Fsp3) is 0.200. The van der Waals surface area contributed by atoms with Crippen LogP contribution in [0.5, 0.6) is 0 Å². The third-order valence-corrected chi connectivity index (χ3v) is 3.92. The number of pyridine rings is 1. The normalized spacial score (nSPS) is 10.2. The first kappa shape index (κ1) is 19.1. The quantitative estimate of drug-likeness (QED) is 0.449. The van der Waals surface area contributed by atoms with Crippen LogP contribution in [0.2, 0.25) is 0 Å². The second-order valence-electron chi connectivity index (χ2n) is 5.99. The van der Waals surface area contributed by atoms with E-state index in [4.69, 9.17) is 0 Å². The van der Waals surface area contributed by atoms with Crippen LogP contribution in [0.3, 0.4) is 0 Å². The number of aryl methyl sites for hydroxylation is 1. The molecule has 0 saturated carbocycles. The number of hydrogen-bond donors (Lipinski definition) is 4. The van der Waals surface area contributed by atoms with Gasteiger partial charge in [-0.1, -0.05) is 25.1 Å². The average Bonchev–Trinajstić information content (AvgIpc) is 2.73. The zero-order valence-electron chi connectivity index (χ0n) is 15.6. The Morgan fingerprint density at radius 2 is 1.75 bits per heavy atom. The van der Waals surface area contributed by atoms with Crippen LogP contribution in [0.1, 0.15) is 12.5 Å². The second-order valence-corrected chi connectivity index (χ2v) is 5.99. The zero-order chi connectivity index (χ0) is 19.6. The van der Waals surface area contributed by atoms with E-state index >= 15 is 0 Å². The molecule has 8 nitrogen and oxygen atoms in total.